The molecule has 0 fully saturated rings. The molecule has 0 spiro atoms. The maximum Gasteiger partial charge on any atom is 0.253 e. The number of para-hydroxylation sites is 1. The van der Waals surface area contributed by atoms with Gasteiger partial charge < -0.3 is 5.32 Å². The van der Waals surface area contributed by atoms with E-state index in [0.29, 0.717) is 17.1 Å². The summed E-state index contributed by atoms with van der Waals surface area (Å²) in [5.41, 5.74) is 3.61. The summed E-state index contributed by atoms with van der Waals surface area (Å²) in [6.07, 6.45) is 0. The standard InChI is InChI=1S/C21H14ClIN2OS/c22-17-10-9-15(23)11-16(17)20(26)24-12-13-5-7-14(8-6-13)21-25-18-3-1-2-4-19(18)27-21/h1-11H,12H2,(H,24,26). The molecule has 27 heavy (non-hydrogen) atoms. The lowest BCUT2D eigenvalue weighted by atomic mass is 10.1. The van der Waals surface area contributed by atoms with E-state index in [1.807, 2.05) is 48.5 Å². The van der Waals surface area contributed by atoms with E-state index in [9.17, 15) is 4.79 Å². The molecule has 1 aromatic heterocycles. The first kappa shape index (κ1) is 18.4. The van der Waals surface area contributed by atoms with Crippen LogP contribution in [0.2, 0.25) is 5.02 Å². The van der Waals surface area contributed by atoms with Gasteiger partial charge in [0.25, 0.3) is 5.91 Å². The summed E-state index contributed by atoms with van der Waals surface area (Å²) < 4.78 is 2.15. The molecule has 0 atom stereocenters. The highest BCUT2D eigenvalue weighted by Gasteiger charge is 2.11. The van der Waals surface area contributed by atoms with Crippen LogP contribution < -0.4 is 5.32 Å². The maximum atomic E-state index is 12.4. The van der Waals surface area contributed by atoms with Crippen molar-refractivity contribution in [3.8, 4) is 10.6 Å². The number of nitrogens with one attached hydrogen (secondary N) is 1. The SMILES string of the molecule is O=C(NCc1ccc(-c2nc3ccccc3s2)cc1)c1cc(I)ccc1Cl. The number of hydrogen-bond acceptors (Lipinski definition) is 3. The molecule has 1 heterocycles. The average molecular weight is 505 g/mol. The second kappa shape index (κ2) is 7.96. The Hall–Kier alpha value is -1.96. The van der Waals surface area contributed by atoms with Crippen molar-refractivity contribution in [1.29, 1.82) is 0 Å². The number of thiazole rings is 1. The van der Waals surface area contributed by atoms with E-state index in [1.54, 1.807) is 23.5 Å². The number of nitrogens with zero attached hydrogens (tertiary/aromatic N) is 1. The van der Waals surface area contributed by atoms with Crippen molar-refractivity contribution in [3.05, 3.63) is 86.4 Å². The first-order valence-corrected chi connectivity index (χ1v) is 10.6. The number of hydrogen-bond donors (Lipinski definition) is 1. The smallest absolute Gasteiger partial charge is 0.253 e. The van der Waals surface area contributed by atoms with E-state index in [0.717, 1.165) is 25.2 Å². The molecule has 3 aromatic carbocycles. The molecule has 134 valence electrons. The maximum absolute atomic E-state index is 12.4. The summed E-state index contributed by atoms with van der Waals surface area (Å²) >= 11 is 9.97. The summed E-state index contributed by atoms with van der Waals surface area (Å²) in [4.78, 5) is 17.0. The van der Waals surface area contributed by atoms with Crippen LogP contribution in [-0.4, -0.2) is 10.9 Å². The molecule has 4 aromatic rings. The third-order valence-corrected chi connectivity index (χ3v) is 6.21. The molecule has 0 radical (unpaired) electrons. The molecule has 0 unspecified atom stereocenters. The van der Waals surface area contributed by atoms with Gasteiger partial charge in [-0.25, -0.2) is 4.98 Å². The highest BCUT2D eigenvalue weighted by molar-refractivity contribution is 14.1. The van der Waals surface area contributed by atoms with Crippen LogP contribution in [0, 0.1) is 3.57 Å². The van der Waals surface area contributed by atoms with Crippen molar-refractivity contribution in [3.63, 3.8) is 0 Å². The number of benzene rings is 3. The van der Waals surface area contributed by atoms with Crippen LogP contribution in [0.25, 0.3) is 20.8 Å². The summed E-state index contributed by atoms with van der Waals surface area (Å²) in [5.74, 6) is -0.172. The van der Waals surface area contributed by atoms with Crippen LogP contribution in [0.4, 0.5) is 0 Å². The third kappa shape index (κ3) is 4.15. The zero-order chi connectivity index (χ0) is 18.8. The number of amides is 1. The molecule has 1 N–H and O–H groups in total. The lowest BCUT2D eigenvalue weighted by Gasteiger charge is -2.08. The number of aromatic nitrogens is 1. The lowest BCUT2D eigenvalue weighted by molar-refractivity contribution is 0.0951. The first-order chi connectivity index (χ1) is 13.1. The summed E-state index contributed by atoms with van der Waals surface area (Å²) in [6, 6.07) is 21.6. The zero-order valence-electron chi connectivity index (χ0n) is 14.1. The van der Waals surface area contributed by atoms with E-state index in [4.69, 9.17) is 11.6 Å². The van der Waals surface area contributed by atoms with Crippen molar-refractivity contribution in [1.82, 2.24) is 10.3 Å². The predicted molar refractivity (Wildman–Crippen MR) is 120 cm³/mol. The van der Waals surface area contributed by atoms with Gasteiger partial charge in [0.1, 0.15) is 5.01 Å². The Labute approximate surface area is 179 Å². The van der Waals surface area contributed by atoms with Crippen LogP contribution in [0.1, 0.15) is 15.9 Å². The molecule has 0 saturated carbocycles. The number of carbonyl (C=O) groups excluding carboxylic acids is 1. The van der Waals surface area contributed by atoms with E-state index >= 15 is 0 Å². The summed E-state index contributed by atoms with van der Waals surface area (Å²) in [6.45, 7) is 0.445. The summed E-state index contributed by atoms with van der Waals surface area (Å²) in [7, 11) is 0. The van der Waals surface area contributed by atoms with Crippen molar-refractivity contribution in [2.24, 2.45) is 0 Å². The van der Waals surface area contributed by atoms with Gasteiger partial charge in [-0.3, -0.25) is 4.79 Å². The van der Waals surface area contributed by atoms with E-state index in [-0.39, 0.29) is 5.91 Å². The molecule has 0 aliphatic rings. The number of rotatable bonds is 4. The van der Waals surface area contributed by atoms with Gasteiger partial charge in [0.05, 0.1) is 20.8 Å². The van der Waals surface area contributed by atoms with Crippen LogP contribution in [0.3, 0.4) is 0 Å². The molecule has 1 amide bonds. The molecule has 0 aliphatic heterocycles. The monoisotopic (exact) mass is 504 g/mol. The number of halogens is 2. The highest BCUT2D eigenvalue weighted by Crippen LogP contribution is 2.30. The van der Waals surface area contributed by atoms with Crippen LogP contribution in [0.5, 0.6) is 0 Å². The van der Waals surface area contributed by atoms with Crippen molar-refractivity contribution in [2.45, 2.75) is 6.54 Å². The van der Waals surface area contributed by atoms with Gasteiger partial charge in [-0.2, -0.15) is 0 Å². The van der Waals surface area contributed by atoms with E-state index in [2.05, 4.69) is 39.0 Å². The number of carbonyl (C=O) groups is 1. The quantitative estimate of drug-likeness (QED) is 0.339. The Morgan fingerprint density at radius 3 is 2.63 bits per heavy atom. The van der Waals surface area contributed by atoms with Gasteiger partial charge in [0.2, 0.25) is 0 Å². The van der Waals surface area contributed by atoms with Gasteiger partial charge >= 0.3 is 0 Å². The Kier molecular flexibility index (Phi) is 5.43. The van der Waals surface area contributed by atoms with E-state index in [1.165, 1.54) is 4.70 Å². The minimum absolute atomic E-state index is 0.172. The van der Waals surface area contributed by atoms with Crippen LogP contribution >= 0.6 is 45.5 Å². The van der Waals surface area contributed by atoms with Gasteiger partial charge in [0.15, 0.2) is 0 Å². The molecular formula is C21H14ClIN2OS. The Bertz CT molecular complexity index is 1090. The van der Waals surface area contributed by atoms with Crippen LogP contribution in [-0.2, 0) is 6.54 Å². The molecule has 4 rings (SSSR count). The largest absolute Gasteiger partial charge is 0.348 e. The fraction of sp³-hybridized carbons (Fsp3) is 0.0476. The lowest BCUT2D eigenvalue weighted by Crippen LogP contribution is -2.23. The first-order valence-electron chi connectivity index (χ1n) is 8.28. The molecule has 6 heteroatoms. The predicted octanol–water partition coefficient (Wildman–Crippen LogP) is 6.15. The second-order valence-electron chi connectivity index (χ2n) is 5.99. The van der Waals surface area contributed by atoms with Crippen molar-refractivity contribution < 1.29 is 4.79 Å². The normalized spacial score (nSPS) is 10.9. The minimum atomic E-state index is -0.172. The van der Waals surface area contributed by atoms with Crippen LogP contribution in [0.15, 0.2) is 66.7 Å². The van der Waals surface area contributed by atoms with Gasteiger partial charge in [0, 0.05) is 15.7 Å². The van der Waals surface area contributed by atoms with E-state index < -0.39 is 0 Å². The topological polar surface area (TPSA) is 42.0 Å². The minimum Gasteiger partial charge on any atom is -0.348 e. The number of fused-ring (bicyclic) bond motifs is 1. The Balaban J connectivity index is 1.46. The van der Waals surface area contributed by atoms with Gasteiger partial charge in [-0.15, -0.1) is 11.3 Å². The third-order valence-electron chi connectivity index (χ3n) is 4.12. The highest BCUT2D eigenvalue weighted by atomic mass is 127. The zero-order valence-corrected chi connectivity index (χ0v) is 17.8. The second-order valence-corrected chi connectivity index (χ2v) is 8.67. The molecule has 3 nitrogen and oxygen atoms in total. The average Bonchev–Trinajstić information content (AvgIpc) is 3.12. The van der Waals surface area contributed by atoms with Gasteiger partial charge in [-0.1, -0.05) is 48.0 Å². The Morgan fingerprint density at radius 1 is 1.07 bits per heavy atom. The van der Waals surface area contributed by atoms with Crippen molar-refractivity contribution in [2.75, 3.05) is 0 Å². The fourth-order valence-corrected chi connectivity index (χ4v) is 4.38. The molecule has 0 bridgehead atoms. The molecular weight excluding hydrogens is 491 g/mol. The molecule has 0 aliphatic carbocycles. The van der Waals surface area contributed by atoms with Crippen molar-refractivity contribution >= 4 is 61.7 Å². The van der Waals surface area contributed by atoms with Gasteiger partial charge in [-0.05, 0) is 58.5 Å². The fourth-order valence-electron chi connectivity index (χ4n) is 2.71. The molecule has 0 saturated heterocycles. The Morgan fingerprint density at radius 2 is 1.85 bits per heavy atom. The summed E-state index contributed by atoms with van der Waals surface area (Å²) in [5, 5.41) is 4.38.